The average molecular weight is 269 g/mol. The van der Waals surface area contributed by atoms with Gasteiger partial charge < -0.3 is 0 Å². The Kier molecular flexibility index (Phi) is 4.25. The van der Waals surface area contributed by atoms with E-state index in [0.29, 0.717) is 16.5 Å². The molecule has 0 bridgehead atoms. The fourth-order valence-electron chi connectivity index (χ4n) is 2.07. The lowest BCUT2D eigenvalue weighted by Gasteiger charge is -2.12. The molecule has 0 fully saturated rings. The summed E-state index contributed by atoms with van der Waals surface area (Å²) >= 11 is 12.1. The molecule has 0 radical (unpaired) electrons. The van der Waals surface area contributed by atoms with Gasteiger partial charge in [0.1, 0.15) is 0 Å². The zero-order chi connectivity index (χ0) is 12.3. The lowest BCUT2D eigenvalue weighted by atomic mass is 9.93. The maximum atomic E-state index is 12.1. The third-order valence-electron chi connectivity index (χ3n) is 3.05. The number of rotatable bonds is 3. The van der Waals surface area contributed by atoms with Crippen LogP contribution in [0, 0.1) is 0 Å². The van der Waals surface area contributed by atoms with Crippen molar-refractivity contribution in [1.29, 1.82) is 0 Å². The van der Waals surface area contributed by atoms with E-state index in [1.54, 1.807) is 18.2 Å². The van der Waals surface area contributed by atoms with E-state index in [0.717, 1.165) is 30.4 Å². The Morgan fingerprint density at radius 3 is 2.47 bits per heavy atom. The molecule has 0 unspecified atom stereocenters. The van der Waals surface area contributed by atoms with Crippen LogP contribution in [0.25, 0.3) is 0 Å². The molecule has 0 amide bonds. The highest BCUT2D eigenvalue weighted by Gasteiger charge is 2.15. The Morgan fingerprint density at radius 2 is 1.88 bits per heavy atom. The van der Waals surface area contributed by atoms with Crippen molar-refractivity contribution in [1.82, 2.24) is 0 Å². The Bertz CT molecular complexity index is 443. The molecule has 1 aliphatic carbocycles. The summed E-state index contributed by atoms with van der Waals surface area (Å²) in [5.74, 6) is 0.153. The maximum Gasteiger partial charge on any atom is 0.163 e. The first-order valence-corrected chi connectivity index (χ1v) is 6.59. The minimum atomic E-state index is 0.153. The molecule has 0 N–H and O–H groups in total. The molecule has 0 atom stereocenters. The van der Waals surface area contributed by atoms with Crippen LogP contribution < -0.4 is 0 Å². The van der Waals surface area contributed by atoms with Crippen molar-refractivity contribution in [3.8, 4) is 0 Å². The van der Waals surface area contributed by atoms with Gasteiger partial charge >= 0.3 is 0 Å². The van der Waals surface area contributed by atoms with Gasteiger partial charge in [-0.25, -0.2) is 0 Å². The normalized spacial score (nSPS) is 15.5. The zero-order valence-corrected chi connectivity index (χ0v) is 11.0. The van der Waals surface area contributed by atoms with Crippen molar-refractivity contribution < 1.29 is 4.79 Å². The van der Waals surface area contributed by atoms with Gasteiger partial charge in [0, 0.05) is 16.5 Å². The summed E-state index contributed by atoms with van der Waals surface area (Å²) in [6, 6.07) is 5.33. The predicted octanol–water partition coefficient (Wildman–Crippen LogP) is 4.61. The highest BCUT2D eigenvalue weighted by Crippen LogP contribution is 2.27. The second kappa shape index (κ2) is 5.70. The third-order valence-corrected chi connectivity index (χ3v) is 3.76. The first-order chi connectivity index (χ1) is 8.18. The van der Waals surface area contributed by atoms with Crippen molar-refractivity contribution in [3.05, 3.63) is 45.5 Å². The van der Waals surface area contributed by atoms with Crippen LogP contribution in [0.15, 0.2) is 29.8 Å². The molecule has 1 aliphatic rings. The van der Waals surface area contributed by atoms with Gasteiger partial charge in [0.15, 0.2) is 5.78 Å². The molecular weight excluding hydrogens is 255 g/mol. The van der Waals surface area contributed by atoms with E-state index >= 15 is 0 Å². The predicted molar refractivity (Wildman–Crippen MR) is 71.7 cm³/mol. The maximum absolute atomic E-state index is 12.1. The smallest absolute Gasteiger partial charge is 0.163 e. The molecule has 17 heavy (non-hydrogen) atoms. The molecular formula is C14H14Cl2O. The minimum absolute atomic E-state index is 0.153. The van der Waals surface area contributed by atoms with Gasteiger partial charge in [0.2, 0.25) is 0 Å². The van der Waals surface area contributed by atoms with Crippen molar-refractivity contribution in [3.63, 3.8) is 0 Å². The van der Waals surface area contributed by atoms with Gasteiger partial charge in [-0.1, -0.05) is 35.3 Å². The van der Waals surface area contributed by atoms with Gasteiger partial charge in [0.25, 0.3) is 0 Å². The summed E-state index contributed by atoms with van der Waals surface area (Å²) in [6.45, 7) is 0. The van der Waals surface area contributed by atoms with Gasteiger partial charge in [-0.05, 0) is 49.0 Å². The van der Waals surface area contributed by atoms with Gasteiger partial charge in [-0.15, -0.1) is 0 Å². The Hall–Kier alpha value is -0.790. The number of benzene rings is 1. The Balaban J connectivity index is 2.15. The topological polar surface area (TPSA) is 17.1 Å². The molecule has 0 spiro atoms. The van der Waals surface area contributed by atoms with Crippen LogP contribution in [0.1, 0.15) is 31.2 Å². The average Bonchev–Trinajstić information content (AvgIpc) is 2.35. The number of hydrogen-bond donors (Lipinski definition) is 0. The van der Waals surface area contributed by atoms with Crippen molar-refractivity contribution in [2.75, 3.05) is 0 Å². The van der Waals surface area contributed by atoms with Crippen LogP contribution >= 0.6 is 23.2 Å². The number of halogens is 2. The molecule has 0 saturated carbocycles. The molecule has 1 aromatic rings. The minimum Gasteiger partial charge on any atom is -0.294 e. The number of carbonyl (C=O) groups excluding carboxylic acids is 1. The summed E-state index contributed by atoms with van der Waals surface area (Å²) in [5, 5.41) is 1.14. The summed E-state index contributed by atoms with van der Waals surface area (Å²) in [6.07, 6.45) is 6.55. The quantitative estimate of drug-likeness (QED) is 0.783. The summed E-state index contributed by atoms with van der Waals surface area (Å²) < 4.78 is 0. The van der Waals surface area contributed by atoms with E-state index in [4.69, 9.17) is 23.2 Å². The third kappa shape index (κ3) is 3.11. The number of allylic oxidation sites excluding steroid dienone is 2. The summed E-state index contributed by atoms with van der Waals surface area (Å²) in [5.41, 5.74) is 1.68. The van der Waals surface area contributed by atoms with Crippen molar-refractivity contribution in [2.24, 2.45) is 0 Å². The number of ketones is 1. The van der Waals surface area contributed by atoms with Gasteiger partial charge in [0.05, 0.1) is 0 Å². The van der Waals surface area contributed by atoms with Gasteiger partial charge in [-0.3, -0.25) is 4.79 Å². The highest BCUT2D eigenvalue weighted by atomic mass is 35.5. The van der Waals surface area contributed by atoms with Crippen molar-refractivity contribution in [2.45, 2.75) is 32.1 Å². The molecule has 1 nitrogen and oxygen atoms in total. The first-order valence-electron chi connectivity index (χ1n) is 5.83. The fourth-order valence-corrected chi connectivity index (χ4v) is 2.60. The van der Waals surface area contributed by atoms with Gasteiger partial charge in [-0.2, -0.15) is 0 Å². The van der Waals surface area contributed by atoms with Crippen molar-refractivity contribution >= 4 is 29.0 Å². The summed E-state index contributed by atoms with van der Waals surface area (Å²) in [7, 11) is 0. The number of carbonyl (C=O) groups is 1. The fraction of sp³-hybridized carbons (Fsp3) is 0.357. The van der Waals surface area contributed by atoms with Crippen LogP contribution in [-0.2, 0) is 11.2 Å². The second-order valence-corrected chi connectivity index (χ2v) is 5.09. The largest absolute Gasteiger partial charge is 0.294 e. The highest BCUT2D eigenvalue weighted by molar-refractivity contribution is 6.36. The van der Waals surface area contributed by atoms with Crippen LogP contribution in [0.5, 0.6) is 0 Å². The van der Waals surface area contributed by atoms with Crippen LogP contribution in [0.2, 0.25) is 10.0 Å². The zero-order valence-electron chi connectivity index (χ0n) is 9.51. The van der Waals surface area contributed by atoms with E-state index in [-0.39, 0.29) is 5.78 Å². The molecule has 0 aliphatic heterocycles. The molecule has 90 valence electrons. The first kappa shape index (κ1) is 12.7. The van der Waals surface area contributed by atoms with E-state index in [1.807, 2.05) is 0 Å². The van der Waals surface area contributed by atoms with E-state index in [1.165, 1.54) is 6.42 Å². The van der Waals surface area contributed by atoms with E-state index in [9.17, 15) is 4.79 Å². The second-order valence-electron chi connectivity index (χ2n) is 4.28. The monoisotopic (exact) mass is 268 g/mol. The molecule has 1 aromatic carbocycles. The molecule has 2 rings (SSSR count). The standard InChI is InChI=1S/C14H14Cl2O/c15-12-7-4-8-13(16)11(12)9-14(17)10-5-2-1-3-6-10/h4-5,7-8H,1-3,6,9H2. The molecule has 0 heterocycles. The number of hydrogen-bond acceptors (Lipinski definition) is 1. The summed E-state index contributed by atoms with van der Waals surface area (Å²) in [4.78, 5) is 12.1. The van der Waals surface area contributed by atoms with E-state index in [2.05, 4.69) is 6.08 Å². The number of Topliss-reactive ketones (excluding diaryl/α,β-unsaturated/α-hetero) is 1. The Morgan fingerprint density at radius 1 is 1.18 bits per heavy atom. The molecule has 3 heteroatoms. The Labute approximate surface area is 111 Å². The van der Waals surface area contributed by atoms with E-state index < -0.39 is 0 Å². The molecule has 0 aromatic heterocycles. The SMILES string of the molecule is O=C(Cc1c(Cl)cccc1Cl)C1=CCCCC1. The van der Waals surface area contributed by atoms with Crippen LogP contribution in [-0.4, -0.2) is 5.78 Å². The lowest BCUT2D eigenvalue weighted by molar-refractivity contribution is -0.115. The lowest BCUT2D eigenvalue weighted by Crippen LogP contribution is -2.09. The van der Waals surface area contributed by atoms with Crippen LogP contribution in [0.3, 0.4) is 0 Å². The van der Waals surface area contributed by atoms with Crippen LogP contribution in [0.4, 0.5) is 0 Å². The molecule has 0 saturated heterocycles.